The topological polar surface area (TPSA) is 26.3 Å². The lowest BCUT2D eigenvalue weighted by Crippen LogP contribution is -2.29. The summed E-state index contributed by atoms with van der Waals surface area (Å²) in [7, 11) is 0. The Balaban J connectivity index is 3.65. The minimum atomic E-state index is -0.172. The van der Waals surface area contributed by atoms with Crippen LogP contribution in [0.1, 0.15) is 67.2 Å². The second-order valence-electron chi connectivity index (χ2n) is 6.03. The number of carbonyl (C=O) groups is 1. The van der Waals surface area contributed by atoms with E-state index in [0.717, 1.165) is 25.9 Å². The van der Waals surface area contributed by atoms with Crippen molar-refractivity contribution in [3.05, 3.63) is 0 Å². The second-order valence-corrected chi connectivity index (χ2v) is 6.03. The van der Waals surface area contributed by atoms with E-state index < -0.39 is 0 Å². The molecule has 0 heterocycles. The van der Waals surface area contributed by atoms with Crippen molar-refractivity contribution >= 4 is 5.78 Å². The average Bonchev–Trinajstić information content (AvgIpc) is 2.21. The van der Waals surface area contributed by atoms with E-state index in [1.54, 1.807) is 0 Å². The zero-order valence-electron chi connectivity index (χ0n) is 12.5. The number of ketones is 1. The van der Waals surface area contributed by atoms with Gasteiger partial charge in [-0.25, -0.2) is 0 Å². The van der Waals surface area contributed by atoms with Crippen LogP contribution in [0.2, 0.25) is 0 Å². The molecule has 0 aliphatic heterocycles. The number of hydrogen-bond donors (Lipinski definition) is 0. The molecule has 0 aliphatic rings. The van der Waals surface area contributed by atoms with Crippen LogP contribution in [0.25, 0.3) is 0 Å². The Labute approximate surface area is 107 Å². The molecule has 2 heteroatoms. The van der Waals surface area contributed by atoms with Crippen molar-refractivity contribution in [1.29, 1.82) is 0 Å². The summed E-state index contributed by atoms with van der Waals surface area (Å²) in [5, 5.41) is 0. The summed E-state index contributed by atoms with van der Waals surface area (Å²) < 4.78 is 5.47. The van der Waals surface area contributed by atoms with E-state index in [9.17, 15) is 4.79 Å². The largest absolute Gasteiger partial charge is 0.379 e. The van der Waals surface area contributed by atoms with Crippen LogP contribution in [0.4, 0.5) is 0 Å². The van der Waals surface area contributed by atoms with Gasteiger partial charge in [0.15, 0.2) is 0 Å². The number of unbranched alkanes of at least 4 members (excludes halogenated alkanes) is 2. The highest BCUT2D eigenvalue weighted by Crippen LogP contribution is 2.29. The molecule has 0 fully saturated rings. The zero-order valence-corrected chi connectivity index (χ0v) is 12.5. The van der Waals surface area contributed by atoms with E-state index >= 15 is 0 Å². The van der Waals surface area contributed by atoms with Crippen LogP contribution in [-0.4, -0.2) is 18.5 Å². The number of rotatable bonds is 9. The van der Waals surface area contributed by atoms with Crippen LogP contribution in [0, 0.1) is 11.3 Å². The Morgan fingerprint density at radius 1 is 1.06 bits per heavy atom. The van der Waals surface area contributed by atoms with E-state index in [4.69, 9.17) is 4.74 Å². The second kappa shape index (κ2) is 7.86. The minimum absolute atomic E-state index is 0.172. The van der Waals surface area contributed by atoms with Crippen molar-refractivity contribution in [2.45, 2.75) is 73.3 Å². The van der Waals surface area contributed by atoms with Gasteiger partial charge in [-0.2, -0.15) is 0 Å². The molecule has 0 amide bonds. The van der Waals surface area contributed by atoms with Gasteiger partial charge in [-0.1, -0.05) is 34.1 Å². The van der Waals surface area contributed by atoms with Gasteiger partial charge < -0.3 is 4.74 Å². The number of carbonyl (C=O) groups excluding carboxylic acids is 1. The molecule has 0 saturated carbocycles. The molecule has 0 bridgehead atoms. The highest BCUT2D eigenvalue weighted by Gasteiger charge is 2.29. The van der Waals surface area contributed by atoms with Crippen LogP contribution in [0.3, 0.4) is 0 Å². The van der Waals surface area contributed by atoms with Crippen molar-refractivity contribution < 1.29 is 9.53 Å². The molecule has 0 aromatic carbocycles. The van der Waals surface area contributed by atoms with E-state index in [-0.39, 0.29) is 5.41 Å². The predicted octanol–water partition coefficient (Wildman–Crippen LogP) is 4.22. The lowest BCUT2D eigenvalue weighted by atomic mass is 9.76. The number of hydrogen-bond acceptors (Lipinski definition) is 2. The Hall–Kier alpha value is -0.370. The van der Waals surface area contributed by atoms with Crippen LogP contribution < -0.4 is 0 Å². The third-order valence-corrected chi connectivity index (χ3v) is 3.66. The Morgan fingerprint density at radius 2 is 1.65 bits per heavy atom. The normalized spacial score (nSPS) is 12.5. The molecule has 0 aliphatic carbocycles. The fraction of sp³-hybridized carbons (Fsp3) is 0.933. The fourth-order valence-electron chi connectivity index (χ4n) is 1.53. The summed E-state index contributed by atoms with van der Waals surface area (Å²) in [6.07, 6.45) is 4.18. The van der Waals surface area contributed by atoms with Gasteiger partial charge in [0.05, 0.1) is 6.10 Å². The molecule has 0 aromatic rings. The van der Waals surface area contributed by atoms with Crippen molar-refractivity contribution in [1.82, 2.24) is 0 Å². The number of Topliss-reactive ketones (excluding diaryl/α,β-unsaturated/α-hetero) is 1. The van der Waals surface area contributed by atoms with Crippen molar-refractivity contribution in [2.24, 2.45) is 11.3 Å². The summed E-state index contributed by atoms with van der Waals surface area (Å²) in [6.45, 7) is 13.3. The first-order chi connectivity index (χ1) is 7.78. The van der Waals surface area contributed by atoms with Gasteiger partial charge in [0.2, 0.25) is 0 Å². The highest BCUT2D eigenvalue weighted by molar-refractivity contribution is 5.84. The Bertz CT molecular complexity index is 217. The zero-order chi connectivity index (χ0) is 13.5. The van der Waals surface area contributed by atoms with Gasteiger partial charge in [0.25, 0.3) is 0 Å². The van der Waals surface area contributed by atoms with Gasteiger partial charge in [-0.3, -0.25) is 4.79 Å². The maximum atomic E-state index is 12.0. The monoisotopic (exact) mass is 242 g/mol. The van der Waals surface area contributed by atoms with E-state index in [2.05, 4.69) is 41.5 Å². The standard InChI is InChI=1S/C15H30O2/c1-12(2)15(5,6)14(16)10-8-7-9-11-17-13(3)4/h12-13H,7-11H2,1-6H3. The molecule has 0 saturated heterocycles. The first kappa shape index (κ1) is 16.6. The Kier molecular flexibility index (Phi) is 7.69. The van der Waals surface area contributed by atoms with Crippen molar-refractivity contribution in [2.75, 3.05) is 6.61 Å². The molecule has 0 rings (SSSR count). The molecule has 0 N–H and O–H groups in total. The molecule has 2 nitrogen and oxygen atoms in total. The highest BCUT2D eigenvalue weighted by atomic mass is 16.5. The fourth-order valence-corrected chi connectivity index (χ4v) is 1.53. The Morgan fingerprint density at radius 3 is 2.12 bits per heavy atom. The molecule has 0 radical (unpaired) electrons. The maximum absolute atomic E-state index is 12.0. The van der Waals surface area contributed by atoms with E-state index in [1.165, 1.54) is 0 Å². The average molecular weight is 242 g/mol. The SMILES string of the molecule is CC(C)OCCCCCC(=O)C(C)(C)C(C)C. The lowest BCUT2D eigenvalue weighted by molar-refractivity contribution is -0.129. The van der Waals surface area contributed by atoms with Crippen molar-refractivity contribution in [3.63, 3.8) is 0 Å². The molecule has 0 spiro atoms. The molecule has 0 aromatic heterocycles. The third kappa shape index (κ3) is 6.82. The van der Waals surface area contributed by atoms with Gasteiger partial charge >= 0.3 is 0 Å². The first-order valence-corrected chi connectivity index (χ1v) is 6.93. The van der Waals surface area contributed by atoms with Gasteiger partial charge in [-0.05, 0) is 32.6 Å². The third-order valence-electron chi connectivity index (χ3n) is 3.66. The summed E-state index contributed by atoms with van der Waals surface area (Å²) >= 11 is 0. The summed E-state index contributed by atoms with van der Waals surface area (Å²) in [4.78, 5) is 12.0. The maximum Gasteiger partial charge on any atom is 0.138 e. The molecular weight excluding hydrogens is 212 g/mol. The van der Waals surface area contributed by atoms with Crippen LogP contribution in [0.15, 0.2) is 0 Å². The van der Waals surface area contributed by atoms with Crippen LogP contribution in [0.5, 0.6) is 0 Å². The predicted molar refractivity (Wildman–Crippen MR) is 73.2 cm³/mol. The van der Waals surface area contributed by atoms with E-state index in [0.29, 0.717) is 24.2 Å². The summed E-state index contributed by atoms with van der Waals surface area (Å²) in [5.74, 6) is 0.816. The summed E-state index contributed by atoms with van der Waals surface area (Å²) in [5.41, 5.74) is -0.172. The molecule has 17 heavy (non-hydrogen) atoms. The van der Waals surface area contributed by atoms with Crippen molar-refractivity contribution in [3.8, 4) is 0 Å². The van der Waals surface area contributed by atoms with Crippen LogP contribution >= 0.6 is 0 Å². The van der Waals surface area contributed by atoms with Gasteiger partial charge in [0, 0.05) is 18.4 Å². The quantitative estimate of drug-likeness (QED) is 0.566. The molecule has 102 valence electrons. The smallest absolute Gasteiger partial charge is 0.138 e. The summed E-state index contributed by atoms with van der Waals surface area (Å²) in [6, 6.07) is 0. The lowest BCUT2D eigenvalue weighted by Gasteiger charge is -2.27. The molecular formula is C15H30O2. The van der Waals surface area contributed by atoms with Gasteiger partial charge in [-0.15, -0.1) is 0 Å². The minimum Gasteiger partial charge on any atom is -0.379 e. The van der Waals surface area contributed by atoms with Crippen LogP contribution in [-0.2, 0) is 9.53 Å². The molecule has 0 atom stereocenters. The molecule has 0 unspecified atom stereocenters. The number of ether oxygens (including phenoxy) is 1. The van der Waals surface area contributed by atoms with E-state index in [1.807, 2.05) is 0 Å². The van der Waals surface area contributed by atoms with Gasteiger partial charge in [0.1, 0.15) is 5.78 Å². The first-order valence-electron chi connectivity index (χ1n) is 6.93.